The van der Waals surface area contributed by atoms with Crippen LogP contribution in [0.25, 0.3) is 0 Å². The van der Waals surface area contributed by atoms with Gasteiger partial charge in [0, 0.05) is 17.4 Å². The van der Waals surface area contributed by atoms with E-state index in [4.69, 9.17) is 0 Å². The average Bonchev–Trinajstić information content (AvgIpc) is 2.46. The molecule has 0 fully saturated rings. The Balaban J connectivity index is 2.23. The zero-order chi connectivity index (χ0) is 17.0. The second-order valence-electron chi connectivity index (χ2n) is 6.84. The van der Waals surface area contributed by atoms with Gasteiger partial charge in [0.1, 0.15) is 5.69 Å². The summed E-state index contributed by atoms with van der Waals surface area (Å²) in [6, 6.07) is 9.64. The molecule has 23 heavy (non-hydrogen) atoms. The third-order valence-corrected chi connectivity index (χ3v) is 3.21. The van der Waals surface area contributed by atoms with Gasteiger partial charge in [0.05, 0.1) is 0 Å². The predicted molar refractivity (Wildman–Crippen MR) is 93.1 cm³/mol. The zero-order valence-corrected chi connectivity index (χ0v) is 14.3. The van der Waals surface area contributed by atoms with Gasteiger partial charge >= 0.3 is 0 Å². The number of hydrogen-bond donors (Lipinski definition) is 2. The quantitative estimate of drug-likeness (QED) is 0.899. The molecule has 1 heterocycles. The van der Waals surface area contributed by atoms with Crippen molar-refractivity contribution in [1.82, 2.24) is 15.3 Å². The van der Waals surface area contributed by atoms with Crippen LogP contribution in [-0.2, 0) is 0 Å². The van der Waals surface area contributed by atoms with Crippen LogP contribution in [-0.4, -0.2) is 21.4 Å². The first-order chi connectivity index (χ1) is 10.8. The standard InChI is InChI=1S/C18H24N4O/c1-12(2)13-8-6-7-9-14(13)20-17-19-11-10-15(21-17)16(23)22-18(3,4)5/h6-12H,1-5H3,(H,22,23)(H,19,20,21). The molecule has 0 aliphatic rings. The first-order valence-electron chi connectivity index (χ1n) is 7.78. The fourth-order valence-corrected chi connectivity index (χ4v) is 2.18. The van der Waals surface area contributed by atoms with Crippen LogP contribution in [0.2, 0.25) is 0 Å². The summed E-state index contributed by atoms with van der Waals surface area (Å²) in [7, 11) is 0. The highest BCUT2D eigenvalue weighted by Crippen LogP contribution is 2.25. The topological polar surface area (TPSA) is 66.9 Å². The third kappa shape index (κ3) is 4.77. The number of aromatic nitrogens is 2. The lowest BCUT2D eigenvalue weighted by molar-refractivity contribution is 0.0914. The number of carbonyl (C=O) groups is 1. The Labute approximate surface area is 137 Å². The third-order valence-electron chi connectivity index (χ3n) is 3.21. The molecule has 122 valence electrons. The van der Waals surface area contributed by atoms with Gasteiger partial charge in [0.25, 0.3) is 5.91 Å². The van der Waals surface area contributed by atoms with E-state index in [0.29, 0.717) is 17.6 Å². The zero-order valence-electron chi connectivity index (χ0n) is 14.3. The fraction of sp³-hybridized carbons (Fsp3) is 0.389. The summed E-state index contributed by atoms with van der Waals surface area (Å²) < 4.78 is 0. The number of nitrogens with zero attached hydrogens (tertiary/aromatic N) is 2. The van der Waals surface area contributed by atoms with Crippen molar-refractivity contribution in [3.63, 3.8) is 0 Å². The van der Waals surface area contributed by atoms with E-state index < -0.39 is 0 Å². The Bertz CT molecular complexity index is 689. The monoisotopic (exact) mass is 312 g/mol. The Kier molecular flexibility index (Phi) is 4.98. The minimum atomic E-state index is -0.306. The summed E-state index contributed by atoms with van der Waals surface area (Å²) in [5.41, 5.74) is 2.18. The summed E-state index contributed by atoms with van der Waals surface area (Å²) >= 11 is 0. The number of para-hydroxylation sites is 1. The molecular formula is C18H24N4O. The van der Waals surface area contributed by atoms with Gasteiger partial charge in [0.15, 0.2) is 0 Å². The van der Waals surface area contributed by atoms with Gasteiger partial charge in [-0.15, -0.1) is 0 Å². The SMILES string of the molecule is CC(C)c1ccccc1Nc1nccc(C(=O)NC(C)(C)C)n1. The van der Waals surface area contributed by atoms with Crippen LogP contribution in [0.4, 0.5) is 11.6 Å². The van der Waals surface area contributed by atoms with E-state index in [1.54, 1.807) is 12.3 Å². The van der Waals surface area contributed by atoms with E-state index >= 15 is 0 Å². The molecule has 0 atom stereocenters. The van der Waals surface area contributed by atoms with Gasteiger partial charge in [-0.25, -0.2) is 9.97 Å². The van der Waals surface area contributed by atoms with E-state index in [9.17, 15) is 4.79 Å². The molecule has 0 aliphatic carbocycles. The van der Waals surface area contributed by atoms with Gasteiger partial charge in [-0.1, -0.05) is 32.0 Å². The van der Waals surface area contributed by atoms with Gasteiger partial charge in [-0.2, -0.15) is 0 Å². The van der Waals surface area contributed by atoms with Gasteiger partial charge in [-0.05, 0) is 44.4 Å². The van der Waals surface area contributed by atoms with Crippen molar-refractivity contribution >= 4 is 17.5 Å². The van der Waals surface area contributed by atoms with Crippen LogP contribution in [0.15, 0.2) is 36.5 Å². The number of rotatable bonds is 4. The van der Waals surface area contributed by atoms with E-state index in [2.05, 4.69) is 40.5 Å². The molecule has 0 aliphatic heterocycles. The largest absolute Gasteiger partial charge is 0.346 e. The minimum absolute atomic E-state index is 0.208. The van der Waals surface area contributed by atoms with Gasteiger partial charge < -0.3 is 10.6 Å². The van der Waals surface area contributed by atoms with Gasteiger partial charge in [-0.3, -0.25) is 4.79 Å². The summed E-state index contributed by atoms with van der Waals surface area (Å²) in [5.74, 6) is 0.589. The fourth-order valence-electron chi connectivity index (χ4n) is 2.18. The Morgan fingerprint density at radius 2 is 1.83 bits per heavy atom. The summed E-state index contributed by atoms with van der Waals surface area (Å²) in [5, 5.41) is 6.11. The number of amides is 1. The minimum Gasteiger partial charge on any atom is -0.346 e. The number of nitrogens with one attached hydrogen (secondary N) is 2. The molecule has 5 heteroatoms. The number of carbonyl (C=O) groups excluding carboxylic acids is 1. The van der Waals surface area contributed by atoms with E-state index in [1.807, 2.05) is 39.0 Å². The molecule has 0 unspecified atom stereocenters. The number of hydrogen-bond acceptors (Lipinski definition) is 4. The second-order valence-corrected chi connectivity index (χ2v) is 6.84. The molecule has 2 aromatic rings. The molecule has 2 N–H and O–H groups in total. The van der Waals surface area contributed by atoms with Crippen molar-refractivity contribution in [2.24, 2.45) is 0 Å². The van der Waals surface area contributed by atoms with Crippen LogP contribution in [0.5, 0.6) is 0 Å². The lowest BCUT2D eigenvalue weighted by Gasteiger charge is -2.20. The van der Waals surface area contributed by atoms with Crippen molar-refractivity contribution in [2.75, 3.05) is 5.32 Å². The molecule has 1 amide bonds. The maximum Gasteiger partial charge on any atom is 0.270 e. The highest BCUT2D eigenvalue weighted by atomic mass is 16.2. The average molecular weight is 312 g/mol. The Hall–Kier alpha value is -2.43. The molecule has 1 aromatic carbocycles. The Morgan fingerprint density at radius 3 is 2.48 bits per heavy atom. The summed E-state index contributed by atoms with van der Waals surface area (Å²) in [6.07, 6.45) is 1.59. The van der Waals surface area contributed by atoms with Crippen LogP contribution < -0.4 is 10.6 Å². The van der Waals surface area contributed by atoms with Crippen LogP contribution in [0.3, 0.4) is 0 Å². The van der Waals surface area contributed by atoms with E-state index in [-0.39, 0.29) is 11.4 Å². The van der Waals surface area contributed by atoms with E-state index in [1.165, 1.54) is 5.56 Å². The van der Waals surface area contributed by atoms with Crippen molar-refractivity contribution in [3.8, 4) is 0 Å². The van der Waals surface area contributed by atoms with Crippen molar-refractivity contribution in [3.05, 3.63) is 47.8 Å². The smallest absolute Gasteiger partial charge is 0.270 e. The van der Waals surface area contributed by atoms with Crippen LogP contribution in [0, 0.1) is 0 Å². The molecule has 1 aromatic heterocycles. The Morgan fingerprint density at radius 1 is 1.13 bits per heavy atom. The normalized spacial score (nSPS) is 11.4. The van der Waals surface area contributed by atoms with Crippen molar-refractivity contribution in [2.45, 2.75) is 46.1 Å². The molecule has 0 saturated carbocycles. The molecule has 0 radical (unpaired) electrons. The second kappa shape index (κ2) is 6.77. The van der Waals surface area contributed by atoms with Crippen molar-refractivity contribution in [1.29, 1.82) is 0 Å². The molecular weight excluding hydrogens is 288 g/mol. The maximum absolute atomic E-state index is 12.2. The number of benzene rings is 1. The maximum atomic E-state index is 12.2. The summed E-state index contributed by atoms with van der Waals surface area (Å²) in [6.45, 7) is 10.1. The van der Waals surface area contributed by atoms with Crippen LogP contribution >= 0.6 is 0 Å². The number of anilines is 2. The molecule has 0 spiro atoms. The lowest BCUT2D eigenvalue weighted by Crippen LogP contribution is -2.41. The molecule has 0 bridgehead atoms. The van der Waals surface area contributed by atoms with Crippen molar-refractivity contribution < 1.29 is 4.79 Å². The van der Waals surface area contributed by atoms with E-state index in [0.717, 1.165) is 5.69 Å². The first kappa shape index (κ1) is 16.9. The molecule has 0 saturated heterocycles. The highest BCUT2D eigenvalue weighted by molar-refractivity contribution is 5.93. The van der Waals surface area contributed by atoms with Crippen LogP contribution in [0.1, 0.15) is 56.6 Å². The molecule has 5 nitrogen and oxygen atoms in total. The first-order valence-corrected chi connectivity index (χ1v) is 7.78. The van der Waals surface area contributed by atoms with Gasteiger partial charge in [0.2, 0.25) is 5.95 Å². The molecule has 2 rings (SSSR count). The predicted octanol–water partition coefficient (Wildman–Crippen LogP) is 3.87. The lowest BCUT2D eigenvalue weighted by atomic mass is 10.0. The summed E-state index contributed by atoms with van der Waals surface area (Å²) in [4.78, 5) is 20.7. The highest BCUT2D eigenvalue weighted by Gasteiger charge is 2.17.